The Balaban J connectivity index is 3.20. The number of carbonyl (C=O) groups is 1. The van der Waals surface area contributed by atoms with E-state index in [0.717, 1.165) is 0 Å². The summed E-state index contributed by atoms with van der Waals surface area (Å²) in [6, 6.07) is 4.63. The highest BCUT2D eigenvalue weighted by atomic mass is 19.1. The molecule has 0 unspecified atom stereocenters. The van der Waals surface area contributed by atoms with Crippen LogP contribution in [-0.4, -0.2) is 13.3 Å². The smallest absolute Gasteiger partial charge is 0.156 e. The molecule has 0 bridgehead atoms. The molecule has 1 aromatic rings. The zero-order valence-electron chi connectivity index (χ0n) is 6.10. The molecule has 0 aliphatic rings. The first-order chi connectivity index (χ1) is 5.29. The molecule has 0 saturated carbocycles. The molecule has 0 heterocycles. The largest absolute Gasteiger partial charge is 0.386 e. The van der Waals surface area contributed by atoms with Gasteiger partial charge in [-0.25, -0.2) is 4.39 Å². The lowest BCUT2D eigenvalue weighted by Gasteiger charge is -2.01. The molecule has 1 rings (SSSR count). The summed E-state index contributed by atoms with van der Waals surface area (Å²) in [6.07, 6.45) is 0.496. The van der Waals surface area contributed by atoms with Crippen LogP contribution in [0.4, 0.5) is 10.1 Å². The summed E-state index contributed by atoms with van der Waals surface area (Å²) in [5.74, 6) is -0.495. The molecule has 3 heteroatoms. The Kier molecular flexibility index (Phi) is 2.21. The minimum atomic E-state index is -0.495. The van der Waals surface area contributed by atoms with E-state index >= 15 is 0 Å². The lowest BCUT2D eigenvalue weighted by atomic mass is 10.2. The molecule has 58 valence electrons. The van der Waals surface area contributed by atoms with Gasteiger partial charge in [0.05, 0.1) is 11.3 Å². The van der Waals surface area contributed by atoms with Crippen molar-refractivity contribution in [1.29, 1.82) is 0 Å². The monoisotopic (exact) mass is 153 g/mol. The molecule has 1 aromatic carbocycles. The molecular weight excluding hydrogens is 145 g/mol. The first-order valence-corrected chi connectivity index (χ1v) is 3.21. The first-order valence-electron chi connectivity index (χ1n) is 3.21. The van der Waals surface area contributed by atoms with Crippen LogP contribution in [0.2, 0.25) is 0 Å². The highest BCUT2D eigenvalue weighted by molar-refractivity contribution is 5.77. The molecule has 0 saturated heterocycles. The van der Waals surface area contributed by atoms with E-state index in [1.54, 1.807) is 19.2 Å². The summed E-state index contributed by atoms with van der Waals surface area (Å²) in [5, 5.41) is 2.64. The van der Waals surface area contributed by atoms with Crippen LogP contribution in [-0.2, 0) is 0 Å². The van der Waals surface area contributed by atoms with Crippen molar-refractivity contribution in [2.45, 2.75) is 0 Å². The Morgan fingerprint density at radius 3 is 2.82 bits per heavy atom. The number of benzene rings is 1. The van der Waals surface area contributed by atoms with E-state index in [4.69, 9.17) is 0 Å². The zero-order valence-corrected chi connectivity index (χ0v) is 6.10. The van der Waals surface area contributed by atoms with Crippen LogP contribution in [0.25, 0.3) is 0 Å². The summed E-state index contributed by atoms with van der Waals surface area (Å²) < 4.78 is 13.0. The van der Waals surface area contributed by atoms with Crippen molar-refractivity contribution in [1.82, 2.24) is 0 Å². The van der Waals surface area contributed by atoms with Crippen LogP contribution < -0.4 is 5.32 Å². The van der Waals surface area contributed by atoms with Gasteiger partial charge in [-0.05, 0) is 12.1 Å². The molecule has 0 aliphatic heterocycles. The number of nitrogens with one attached hydrogen (secondary N) is 1. The van der Waals surface area contributed by atoms with Gasteiger partial charge in [-0.1, -0.05) is 6.07 Å². The van der Waals surface area contributed by atoms with Crippen LogP contribution in [0.1, 0.15) is 10.4 Å². The van der Waals surface area contributed by atoms with Crippen molar-refractivity contribution in [3.8, 4) is 0 Å². The van der Waals surface area contributed by atoms with E-state index in [1.165, 1.54) is 6.07 Å². The maximum atomic E-state index is 13.0. The van der Waals surface area contributed by atoms with Gasteiger partial charge >= 0.3 is 0 Å². The topological polar surface area (TPSA) is 29.1 Å². The Hall–Kier alpha value is -1.38. The average molecular weight is 153 g/mol. The zero-order chi connectivity index (χ0) is 8.27. The van der Waals surface area contributed by atoms with Gasteiger partial charge in [0.25, 0.3) is 0 Å². The molecular formula is C8H8FNO. The lowest BCUT2D eigenvalue weighted by Crippen LogP contribution is -1.95. The van der Waals surface area contributed by atoms with Crippen molar-refractivity contribution in [2.75, 3.05) is 12.4 Å². The van der Waals surface area contributed by atoms with Crippen LogP contribution in [0.5, 0.6) is 0 Å². The summed E-state index contributed by atoms with van der Waals surface area (Å²) in [5.41, 5.74) is 0.423. The number of rotatable bonds is 2. The molecule has 0 fully saturated rings. The van der Waals surface area contributed by atoms with Crippen LogP contribution in [0.15, 0.2) is 18.2 Å². The summed E-state index contributed by atoms with van der Waals surface area (Å²) >= 11 is 0. The number of halogens is 1. The SMILES string of the molecule is CNc1cccc(C=O)c1F. The number of anilines is 1. The van der Waals surface area contributed by atoms with Gasteiger partial charge < -0.3 is 5.32 Å². The number of carbonyl (C=O) groups excluding carboxylic acids is 1. The first kappa shape index (κ1) is 7.72. The van der Waals surface area contributed by atoms with Crippen molar-refractivity contribution in [3.63, 3.8) is 0 Å². The van der Waals surface area contributed by atoms with E-state index in [-0.39, 0.29) is 5.56 Å². The van der Waals surface area contributed by atoms with Crippen molar-refractivity contribution in [3.05, 3.63) is 29.6 Å². The fraction of sp³-hybridized carbons (Fsp3) is 0.125. The van der Waals surface area contributed by atoms with E-state index < -0.39 is 5.82 Å². The second kappa shape index (κ2) is 3.14. The normalized spacial score (nSPS) is 9.27. The van der Waals surface area contributed by atoms with E-state index in [9.17, 15) is 9.18 Å². The third kappa shape index (κ3) is 1.37. The van der Waals surface area contributed by atoms with E-state index in [0.29, 0.717) is 12.0 Å². The van der Waals surface area contributed by atoms with Crippen LogP contribution >= 0.6 is 0 Å². The minimum absolute atomic E-state index is 0.0804. The summed E-state index contributed by atoms with van der Waals surface area (Å²) in [4.78, 5) is 10.2. The van der Waals surface area contributed by atoms with E-state index in [2.05, 4.69) is 5.32 Å². The second-order valence-corrected chi connectivity index (χ2v) is 2.08. The van der Waals surface area contributed by atoms with Gasteiger partial charge in [-0.2, -0.15) is 0 Å². The fourth-order valence-electron chi connectivity index (χ4n) is 0.834. The number of hydrogen-bond acceptors (Lipinski definition) is 2. The third-order valence-electron chi connectivity index (χ3n) is 1.42. The van der Waals surface area contributed by atoms with Gasteiger partial charge in [0, 0.05) is 7.05 Å². The van der Waals surface area contributed by atoms with Crippen molar-refractivity contribution in [2.24, 2.45) is 0 Å². The van der Waals surface area contributed by atoms with Crippen molar-refractivity contribution < 1.29 is 9.18 Å². The standard InChI is InChI=1S/C8H8FNO/c1-10-7-4-2-3-6(5-11)8(7)9/h2-5,10H,1H3. The highest BCUT2D eigenvalue weighted by Gasteiger charge is 2.03. The molecule has 0 atom stereocenters. The summed E-state index contributed by atoms with van der Waals surface area (Å²) in [7, 11) is 1.60. The maximum absolute atomic E-state index is 13.0. The average Bonchev–Trinajstić information content (AvgIpc) is 2.05. The van der Waals surface area contributed by atoms with Crippen molar-refractivity contribution >= 4 is 12.0 Å². The lowest BCUT2D eigenvalue weighted by molar-refractivity contribution is 0.112. The molecule has 0 spiro atoms. The maximum Gasteiger partial charge on any atom is 0.156 e. The van der Waals surface area contributed by atoms with Gasteiger partial charge in [0.1, 0.15) is 0 Å². The Labute approximate surface area is 64.0 Å². The molecule has 2 nitrogen and oxygen atoms in total. The molecule has 0 amide bonds. The quantitative estimate of drug-likeness (QED) is 0.655. The molecule has 11 heavy (non-hydrogen) atoms. The molecule has 0 aliphatic carbocycles. The Morgan fingerprint density at radius 2 is 2.27 bits per heavy atom. The Morgan fingerprint density at radius 1 is 1.55 bits per heavy atom. The second-order valence-electron chi connectivity index (χ2n) is 2.08. The van der Waals surface area contributed by atoms with Gasteiger partial charge in [-0.15, -0.1) is 0 Å². The molecule has 0 aromatic heterocycles. The third-order valence-corrected chi connectivity index (χ3v) is 1.42. The Bertz CT molecular complexity index is 273. The van der Waals surface area contributed by atoms with Crippen LogP contribution in [0.3, 0.4) is 0 Å². The predicted octanol–water partition coefficient (Wildman–Crippen LogP) is 1.68. The molecule has 1 N–H and O–H groups in total. The summed E-state index contributed by atoms with van der Waals surface area (Å²) in [6.45, 7) is 0. The van der Waals surface area contributed by atoms with E-state index in [1.807, 2.05) is 0 Å². The molecule has 0 radical (unpaired) electrons. The van der Waals surface area contributed by atoms with Gasteiger partial charge in [0.2, 0.25) is 0 Å². The fourth-order valence-corrected chi connectivity index (χ4v) is 0.834. The highest BCUT2D eigenvalue weighted by Crippen LogP contribution is 2.15. The minimum Gasteiger partial charge on any atom is -0.386 e. The predicted molar refractivity (Wildman–Crippen MR) is 41.3 cm³/mol. The van der Waals surface area contributed by atoms with Gasteiger partial charge in [0.15, 0.2) is 12.1 Å². The number of aldehydes is 1. The number of hydrogen-bond donors (Lipinski definition) is 1. The van der Waals surface area contributed by atoms with Gasteiger partial charge in [-0.3, -0.25) is 4.79 Å². The van der Waals surface area contributed by atoms with Crippen LogP contribution in [0, 0.1) is 5.82 Å².